The molecule has 2 atom stereocenters. The Morgan fingerprint density at radius 2 is 2.26 bits per heavy atom. The molecule has 1 saturated carbocycles. The molecule has 2 nitrogen and oxygen atoms in total. The van der Waals surface area contributed by atoms with Crippen molar-refractivity contribution >= 4 is 27.3 Å². The number of thiophene rings is 1. The first-order chi connectivity index (χ1) is 9.07. The van der Waals surface area contributed by atoms with E-state index in [-0.39, 0.29) is 0 Å². The third kappa shape index (κ3) is 3.23. The van der Waals surface area contributed by atoms with Crippen molar-refractivity contribution in [3.8, 4) is 0 Å². The van der Waals surface area contributed by atoms with E-state index in [4.69, 9.17) is 0 Å². The molecule has 2 unspecified atom stereocenters. The van der Waals surface area contributed by atoms with E-state index in [0.29, 0.717) is 11.6 Å². The van der Waals surface area contributed by atoms with E-state index >= 15 is 0 Å². The third-order valence-corrected chi connectivity index (χ3v) is 6.39. The summed E-state index contributed by atoms with van der Waals surface area (Å²) in [6.07, 6.45) is 4.02. The zero-order chi connectivity index (χ0) is 13.5. The molecule has 2 aliphatic rings. The summed E-state index contributed by atoms with van der Waals surface area (Å²) in [7, 11) is 0. The molecule has 4 heteroatoms. The summed E-state index contributed by atoms with van der Waals surface area (Å²) >= 11 is 5.42. The molecular weight excluding hydrogens is 320 g/mol. The second kappa shape index (κ2) is 5.47. The van der Waals surface area contributed by atoms with Crippen molar-refractivity contribution in [1.29, 1.82) is 0 Å². The van der Waals surface area contributed by atoms with Gasteiger partial charge in [0.2, 0.25) is 0 Å². The summed E-state index contributed by atoms with van der Waals surface area (Å²) < 4.78 is 1.25. The monoisotopic (exact) mass is 342 g/mol. The van der Waals surface area contributed by atoms with Crippen LogP contribution in [0.15, 0.2) is 15.9 Å². The second-order valence-corrected chi connectivity index (χ2v) is 8.90. The standard InChI is InChI=1S/C15H23BrN2S/c1-11-9-17-15(2,12-3-4-12)10-18(11)8-7-13-5-6-14(16)19-13/h5-6,11-12,17H,3-4,7-10H2,1-2H3. The Hall–Kier alpha value is 0.1000. The average molecular weight is 343 g/mol. The highest BCUT2D eigenvalue weighted by Crippen LogP contribution is 2.41. The minimum atomic E-state index is 0.364. The SMILES string of the molecule is CC1CNC(C)(C2CC2)CN1CCc1ccc(Br)s1. The highest BCUT2D eigenvalue weighted by Gasteiger charge is 2.45. The fourth-order valence-corrected chi connectivity index (χ4v) is 4.65. The van der Waals surface area contributed by atoms with Crippen LogP contribution >= 0.6 is 27.3 Å². The summed E-state index contributed by atoms with van der Waals surface area (Å²) in [6.45, 7) is 8.32. The molecule has 1 N–H and O–H groups in total. The summed E-state index contributed by atoms with van der Waals surface area (Å²) in [5.41, 5.74) is 0.364. The van der Waals surface area contributed by atoms with Gasteiger partial charge >= 0.3 is 0 Å². The lowest BCUT2D eigenvalue weighted by Gasteiger charge is -2.45. The average Bonchev–Trinajstić information content (AvgIpc) is 3.16. The number of nitrogens with one attached hydrogen (secondary N) is 1. The molecule has 3 rings (SSSR count). The van der Waals surface area contributed by atoms with E-state index in [1.54, 1.807) is 0 Å². The predicted octanol–water partition coefficient (Wildman–Crippen LogP) is 3.52. The number of halogens is 1. The zero-order valence-corrected chi connectivity index (χ0v) is 14.2. The molecule has 0 spiro atoms. The molecule has 1 aliphatic heterocycles. The molecule has 0 aromatic carbocycles. The quantitative estimate of drug-likeness (QED) is 0.900. The van der Waals surface area contributed by atoms with Gasteiger partial charge in [-0.15, -0.1) is 11.3 Å². The van der Waals surface area contributed by atoms with Crippen LogP contribution in [0.2, 0.25) is 0 Å². The van der Waals surface area contributed by atoms with Gasteiger partial charge in [0.1, 0.15) is 0 Å². The van der Waals surface area contributed by atoms with E-state index in [9.17, 15) is 0 Å². The molecule has 0 bridgehead atoms. The van der Waals surface area contributed by atoms with Crippen molar-refractivity contribution in [2.75, 3.05) is 19.6 Å². The number of piperazine rings is 1. The van der Waals surface area contributed by atoms with Crippen molar-refractivity contribution < 1.29 is 0 Å². The van der Waals surface area contributed by atoms with Gasteiger partial charge in [-0.05, 0) is 67.1 Å². The summed E-state index contributed by atoms with van der Waals surface area (Å²) in [5.74, 6) is 0.915. The maximum absolute atomic E-state index is 3.79. The van der Waals surface area contributed by atoms with E-state index in [1.807, 2.05) is 11.3 Å². The second-order valence-electron chi connectivity index (χ2n) is 6.35. The van der Waals surface area contributed by atoms with Crippen LogP contribution in [-0.2, 0) is 6.42 Å². The van der Waals surface area contributed by atoms with Crippen LogP contribution < -0.4 is 5.32 Å². The third-order valence-electron chi connectivity index (χ3n) is 4.71. The molecular formula is C15H23BrN2S. The van der Waals surface area contributed by atoms with Gasteiger partial charge in [-0.2, -0.15) is 0 Å². The Morgan fingerprint density at radius 3 is 2.89 bits per heavy atom. The Balaban J connectivity index is 1.59. The predicted molar refractivity (Wildman–Crippen MR) is 85.9 cm³/mol. The fraction of sp³-hybridized carbons (Fsp3) is 0.733. The van der Waals surface area contributed by atoms with Crippen LogP contribution in [0.1, 0.15) is 31.6 Å². The summed E-state index contributed by atoms with van der Waals surface area (Å²) in [6, 6.07) is 5.08. The molecule has 1 saturated heterocycles. The molecule has 2 fully saturated rings. The van der Waals surface area contributed by atoms with E-state index < -0.39 is 0 Å². The molecule has 2 heterocycles. The van der Waals surface area contributed by atoms with Crippen molar-refractivity contribution in [3.05, 3.63) is 20.8 Å². The van der Waals surface area contributed by atoms with Crippen molar-refractivity contribution in [2.45, 2.75) is 44.7 Å². The Morgan fingerprint density at radius 1 is 1.47 bits per heavy atom. The molecule has 0 amide bonds. The van der Waals surface area contributed by atoms with Gasteiger partial charge in [0.25, 0.3) is 0 Å². The van der Waals surface area contributed by atoms with Crippen LogP contribution in [0.5, 0.6) is 0 Å². The molecule has 106 valence electrons. The lowest BCUT2D eigenvalue weighted by atomic mass is 9.91. The highest BCUT2D eigenvalue weighted by molar-refractivity contribution is 9.11. The van der Waals surface area contributed by atoms with Gasteiger partial charge in [0.15, 0.2) is 0 Å². The zero-order valence-electron chi connectivity index (χ0n) is 11.8. The number of hydrogen-bond acceptors (Lipinski definition) is 3. The van der Waals surface area contributed by atoms with Crippen molar-refractivity contribution in [3.63, 3.8) is 0 Å². The van der Waals surface area contributed by atoms with Crippen LogP contribution in [-0.4, -0.2) is 36.1 Å². The van der Waals surface area contributed by atoms with Gasteiger partial charge in [-0.25, -0.2) is 0 Å². The Kier molecular flexibility index (Phi) is 4.05. The lowest BCUT2D eigenvalue weighted by Crippen LogP contribution is -2.63. The highest BCUT2D eigenvalue weighted by atomic mass is 79.9. The van der Waals surface area contributed by atoms with Crippen molar-refractivity contribution in [1.82, 2.24) is 10.2 Å². The van der Waals surface area contributed by atoms with Crippen molar-refractivity contribution in [2.24, 2.45) is 5.92 Å². The number of hydrogen-bond donors (Lipinski definition) is 1. The van der Waals surface area contributed by atoms with E-state index in [1.165, 1.54) is 41.0 Å². The molecule has 19 heavy (non-hydrogen) atoms. The van der Waals surface area contributed by atoms with Crippen LogP contribution in [0.4, 0.5) is 0 Å². The largest absolute Gasteiger partial charge is 0.308 e. The molecule has 1 aromatic rings. The number of nitrogens with zero attached hydrogens (tertiary/aromatic N) is 1. The maximum Gasteiger partial charge on any atom is 0.0701 e. The minimum Gasteiger partial charge on any atom is -0.308 e. The first kappa shape index (κ1) is 14.1. The Bertz CT molecular complexity index is 443. The van der Waals surface area contributed by atoms with Gasteiger partial charge in [-0.3, -0.25) is 4.90 Å². The Labute approximate surface area is 128 Å². The minimum absolute atomic E-state index is 0.364. The molecule has 0 radical (unpaired) electrons. The van der Waals surface area contributed by atoms with Crippen LogP contribution in [0, 0.1) is 5.92 Å². The van der Waals surface area contributed by atoms with Crippen LogP contribution in [0.25, 0.3) is 0 Å². The molecule has 1 aromatic heterocycles. The van der Waals surface area contributed by atoms with Gasteiger partial charge in [0.05, 0.1) is 3.79 Å². The first-order valence-electron chi connectivity index (χ1n) is 7.30. The molecule has 1 aliphatic carbocycles. The van der Waals surface area contributed by atoms with Crippen LogP contribution in [0.3, 0.4) is 0 Å². The summed E-state index contributed by atoms with van der Waals surface area (Å²) in [5, 5.41) is 3.79. The fourth-order valence-electron chi connectivity index (χ4n) is 3.18. The van der Waals surface area contributed by atoms with E-state index in [2.05, 4.69) is 52.1 Å². The van der Waals surface area contributed by atoms with E-state index in [0.717, 1.165) is 12.5 Å². The normalized spacial score (nSPS) is 32.7. The maximum atomic E-state index is 3.79. The van der Waals surface area contributed by atoms with Gasteiger partial charge in [-0.1, -0.05) is 0 Å². The topological polar surface area (TPSA) is 15.3 Å². The first-order valence-corrected chi connectivity index (χ1v) is 8.91. The smallest absolute Gasteiger partial charge is 0.0701 e. The lowest BCUT2D eigenvalue weighted by molar-refractivity contribution is 0.0846. The summed E-state index contributed by atoms with van der Waals surface area (Å²) in [4.78, 5) is 4.17. The number of rotatable bonds is 4. The van der Waals surface area contributed by atoms with Gasteiger partial charge in [0, 0.05) is 36.1 Å². The van der Waals surface area contributed by atoms with Gasteiger partial charge < -0.3 is 5.32 Å².